The third-order valence-electron chi connectivity index (χ3n) is 4.03. The number of oxazole rings is 1. The van der Waals surface area contributed by atoms with Gasteiger partial charge >= 0.3 is 0 Å². The van der Waals surface area contributed by atoms with Gasteiger partial charge in [0, 0.05) is 0 Å². The maximum absolute atomic E-state index is 5.90. The van der Waals surface area contributed by atoms with Gasteiger partial charge in [0.15, 0.2) is 5.58 Å². The molecule has 1 aliphatic rings. The van der Waals surface area contributed by atoms with E-state index in [1.165, 1.54) is 5.56 Å². The predicted octanol–water partition coefficient (Wildman–Crippen LogP) is 3.39. The van der Waals surface area contributed by atoms with E-state index in [0.29, 0.717) is 18.6 Å². The van der Waals surface area contributed by atoms with E-state index >= 15 is 0 Å². The molecular weight excluding hydrogens is 264 g/mol. The van der Waals surface area contributed by atoms with Crippen LogP contribution in [0.25, 0.3) is 11.1 Å². The highest BCUT2D eigenvalue weighted by Crippen LogP contribution is 2.26. The SMILES string of the molecule is CC(C)(C)c1ccc2oc(COC3CCNCC3)nc2c1. The van der Waals surface area contributed by atoms with E-state index in [2.05, 4.69) is 43.2 Å². The van der Waals surface area contributed by atoms with Gasteiger partial charge in [0.25, 0.3) is 0 Å². The summed E-state index contributed by atoms with van der Waals surface area (Å²) in [6.07, 6.45) is 2.45. The summed E-state index contributed by atoms with van der Waals surface area (Å²) in [5, 5.41) is 3.34. The Morgan fingerprint density at radius 2 is 2.05 bits per heavy atom. The lowest BCUT2D eigenvalue weighted by Crippen LogP contribution is -2.32. The number of aromatic nitrogens is 1. The zero-order valence-corrected chi connectivity index (χ0v) is 13.1. The van der Waals surface area contributed by atoms with E-state index in [4.69, 9.17) is 9.15 Å². The second-order valence-corrected chi connectivity index (χ2v) is 6.80. The molecule has 2 aromatic rings. The van der Waals surface area contributed by atoms with Crippen molar-refractivity contribution in [1.29, 1.82) is 0 Å². The van der Waals surface area contributed by atoms with Crippen LogP contribution in [0.2, 0.25) is 0 Å². The van der Waals surface area contributed by atoms with Crippen molar-refractivity contribution in [1.82, 2.24) is 10.3 Å². The van der Waals surface area contributed by atoms with Crippen molar-refractivity contribution in [3.63, 3.8) is 0 Å². The number of ether oxygens (including phenoxy) is 1. The number of rotatable bonds is 3. The van der Waals surface area contributed by atoms with Crippen molar-refractivity contribution in [2.75, 3.05) is 13.1 Å². The van der Waals surface area contributed by atoms with Crippen molar-refractivity contribution in [2.45, 2.75) is 51.7 Å². The van der Waals surface area contributed by atoms with Crippen molar-refractivity contribution in [3.05, 3.63) is 29.7 Å². The summed E-state index contributed by atoms with van der Waals surface area (Å²) in [6.45, 7) is 9.14. The van der Waals surface area contributed by atoms with Gasteiger partial charge < -0.3 is 14.5 Å². The second kappa shape index (κ2) is 5.78. The molecule has 0 atom stereocenters. The van der Waals surface area contributed by atoms with E-state index in [-0.39, 0.29) is 5.41 Å². The zero-order chi connectivity index (χ0) is 14.9. The Labute approximate surface area is 125 Å². The Bertz CT molecular complexity index is 607. The van der Waals surface area contributed by atoms with Crippen molar-refractivity contribution < 1.29 is 9.15 Å². The summed E-state index contributed by atoms with van der Waals surface area (Å²) in [6, 6.07) is 6.24. The van der Waals surface area contributed by atoms with Crippen molar-refractivity contribution in [2.24, 2.45) is 0 Å². The third-order valence-corrected chi connectivity index (χ3v) is 4.03. The lowest BCUT2D eigenvalue weighted by Gasteiger charge is -2.22. The molecule has 2 heterocycles. The van der Waals surface area contributed by atoms with Gasteiger partial charge in [0.1, 0.15) is 12.1 Å². The number of fused-ring (bicyclic) bond motifs is 1. The molecule has 114 valence electrons. The predicted molar refractivity (Wildman–Crippen MR) is 83.4 cm³/mol. The van der Waals surface area contributed by atoms with Gasteiger partial charge in [0.2, 0.25) is 5.89 Å². The molecule has 0 spiro atoms. The first-order valence-corrected chi connectivity index (χ1v) is 7.75. The number of nitrogens with zero attached hydrogens (tertiary/aromatic N) is 1. The fourth-order valence-electron chi connectivity index (χ4n) is 2.65. The fraction of sp³-hybridized carbons (Fsp3) is 0.588. The van der Waals surface area contributed by atoms with Gasteiger partial charge in [-0.3, -0.25) is 0 Å². The molecule has 3 rings (SSSR count). The molecule has 0 amide bonds. The third kappa shape index (κ3) is 3.44. The average molecular weight is 288 g/mol. The van der Waals surface area contributed by atoms with Crippen molar-refractivity contribution in [3.8, 4) is 0 Å². The molecule has 1 aromatic heterocycles. The zero-order valence-electron chi connectivity index (χ0n) is 13.1. The van der Waals surface area contributed by atoms with Gasteiger partial charge in [-0.25, -0.2) is 4.98 Å². The van der Waals surface area contributed by atoms with E-state index in [1.54, 1.807) is 0 Å². The normalized spacial score (nSPS) is 17.5. The monoisotopic (exact) mass is 288 g/mol. The smallest absolute Gasteiger partial charge is 0.221 e. The Kier molecular flexibility index (Phi) is 4.00. The molecular formula is C17H24N2O2. The molecule has 0 unspecified atom stereocenters. The molecule has 1 aliphatic heterocycles. The molecule has 0 radical (unpaired) electrons. The first-order valence-electron chi connectivity index (χ1n) is 7.75. The van der Waals surface area contributed by atoms with Crippen LogP contribution in [0, 0.1) is 0 Å². The molecule has 0 aliphatic carbocycles. The van der Waals surface area contributed by atoms with Gasteiger partial charge in [-0.1, -0.05) is 26.8 Å². The highest BCUT2D eigenvalue weighted by atomic mass is 16.5. The van der Waals surface area contributed by atoms with Crippen LogP contribution in [0.3, 0.4) is 0 Å². The van der Waals surface area contributed by atoms with Crippen LogP contribution >= 0.6 is 0 Å². The summed E-state index contributed by atoms with van der Waals surface area (Å²) in [4.78, 5) is 4.56. The fourth-order valence-corrected chi connectivity index (χ4v) is 2.65. The van der Waals surface area contributed by atoms with Crippen LogP contribution in [0.1, 0.15) is 45.1 Å². The van der Waals surface area contributed by atoms with Gasteiger partial charge in [-0.05, 0) is 49.0 Å². The first kappa shape index (κ1) is 14.5. The Balaban J connectivity index is 1.71. The van der Waals surface area contributed by atoms with Crippen LogP contribution in [0.15, 0.2) is 22.6 Å². The summed E-state index contributed by atoms with van der Waals surface area (Å²) in [5.41, 5.74) is 3.16. The van der Waals surface area contributed by atoms with Gasteiger partial charge in [0.05, 0.1) is 6.10 Å². The Morgan fingerprint density at radius 1 is 1.29 bits per heavy atom. The number of hydrogen-bond donors (Lipinski definition) is 1. The van der Waals surface area contributed by atoms with Gasteiger partial charge in [-0.15, -0.1) is 0 Å². The number of hydrogen-bond acceptors (Lipinski definition) is 4. The Hall–Kier alpha value is -1.39. The quantitative estimate of drug-likeness (QED) is 0.940. The molecule has 1 fully saturated rings. The minimum Gasteiger partial charge on any atom is -0.438 e. The number of nitrogens with one attached hydrogen (secondary N) is 1. The highest BCUT2D eigenvalue weighted by molar-refractivity contribution is 5.73. The van der Waals surface area contributed by atoms with Gasteiger partial charge in [-0.2, -0.15) is 0 Å². The molecule has 4 nitrogen and oxygen atoms in total. The van der Waals surface area contributed by atoms with Crippen LogP contribution < -0.4 is 5.32 Å². The van der Waals surface area contributed by atoms with E-state index in [0.717, 1.165) is 37.0 Å². The van der Waals surface area contributed by atoms with E-state index in [9.17, 15) is 0 Å². The lowest BCUT2D eigenvalue weighted by atomic mass is 9.87. The summed E-state index contributed by atoms with van der Waals surface area (Å²) in [5.74, 6) is 0.676. The molecule has 1 aromatic carbocycles. The lowest BCUT2D eigenvalue weighted by molar-refractivity contribution is 0.0113. The maximum Gasteiger partial charge on any atom is 0.221 e. The average Bonchev–Trinajstić information content (AvgIpc) is 2.87. The summed E-state index contributed by atoms with van der Waals surface area (Å²) >= 11 is 0. The topological polar surface area (TPSA) is 47.3 Å². The van der Waals surface area contributed by atoms with Crippen LogP contribution in [-0.4, -0.2) is 24.2 Å². The minimum absolute atomic E-state index is 0.124. The summed E-state index contributed by atoms with van der Waals surface area (Å²) < 4.78 is 11.7. The second-order valence-electron chi connectivity index (χ2n) is 6.80. The number of piperidine rings is 1. The molecule has 21 heavy (non-hydrogen) atoms. The number of benzene rings is 1. The van der Waals surface area contributed by atoms with E-state index < -0.39 is 0 Å². The maximum atomic E-state index is 5.90. The van der Waals surface area contributed by atoms with Crippen LogP contribution in [0.4, 0.5) is 0 Å². The highest BCUT2D eigenvalue weighted by Gasteiger charge is 2.17. The molecule has 1 N–H and O–H groups in total. The summed E-state index contributed by atoms with van der Waals surface area (Å²) in [7, 11) is 0. The van der Waals surface area contributed by atoms with Crippen molar-refractivity contribution >= 4 is 11.1 Å². The van der Waals surface area contributed by atoms with Crippen LogP contribution in [-0.2, 0) is 16.8 Å². The van der Waals surface area contributed by atoms with E-state index in [1.807, 2.05) is 6.07 Å². The molecule has 0 bridgehead atoms. The Morgan fingerprint density at radius 3 is 2.76 bits per heavy atom. The van der Waals surface area contributed by atoms with Crippen LogP contribution in [0.5, 0.6) is 0 Å². The minimum atomic E-state index is 0.124. The molecule has 0 saturated carbocycles. The first-order chi connectivity index (χ1) is 10.0. The standard InChI is InChI=1S/C17H24N2O2/c1-17(2,3)12-4-5-15-14(10-12)19-16(21-15)11-20-13-6-8-18-9-7-13/h4-5,10,13,18H,6-9,11H2,1-3H3. The molecule has 4 heteroatoms. The molecule has 1 saturated heterocycles. The largest absolute Gasteiger partial charge is 0.438 e.